The quantitative estimate of drug-likeness (QED) is 0.491. The summed E-state index contributed by atoms with van der Waals surface area (Å²) in [5, 5.41) is 9.52. The zero-order valence-corrected chi connectivity index (χ0v) is 16.5. The first-order valence-electron chi connectivity index (χ1n) is 9.52. The number of nitrogens with zero attached hydrogens (tertiary/aromatic N) is 1. The molecule has 0 aliphatic heterocycles. The Balaban J connectivity index is 1.95. The Labute approximate surface area is 162 Å². The Morgan fingerprint density at radius 2 is 1.78 bits per heavy atom. The average molecular weight is 367 g/mol. The molecular weight excluding hydrogens is 336 g/mol. The van der Waals surface area contributed by atoms with Gasteiger partial charge in [0.1, 0.15) is 0 Å². The van der Waals surface area contributed by atoms with Gasteiger partial charge in [-0.1, -0.05) is 55.0 Å². The first kappa shape index (κ1) is 20.5. The van der Waals surface area contributed by atoms with Gasteiger partial charge in [0, 0.05) is 24.7 Å². The highest BCUT2D eigenvalue weighted by Gasteiger charge is 2.06. The second-order valence-corrected chi connectivity index (χ2v) is 6.70. The number of para-hydroxylation sites is 1. The number of rotatable bonds is 8. The molecule has 0 heterocycles. The fourth-order valence-electron chi connectivity index (χ4n) is 2.41. The molecule has 5 heteroatoms. The first-order valence-corrected chi connectivity index (χ1v) is 9.52. The number of carbonyl (C=O) groups excluding carboxylic acids is 1. The van der Waals surface area contributed by atoms with Crippen LogP contribution in [0.3, 0.4) is 0 Å². The van der Waals surface area contributed by atoms with E-state index in [0.717, 1.165) is 17.7 Å². The summed E-state index contributed by atoms with van der Waals surface area (Å²) in [6.07, 6.45) is 1.34. The van der Waals surface area contributed by atoms with Crippen LogP contribution in [0, 0.1) is 6.92 Å². The minimum Gasteiger partial charge on any atom is -0.356 e. The van der Waals surface area contributed by atoms with Crippen molar-refractivity contribution in [1.82, 2.24) is 10.6 Å². The standard InChI is InChI=1S/C22H30N4O/c1-4-18(3)25-21(27)14-15-23-22(26-20-8-6-5-7-9-20)24-16-19-12-10-17(2)11-13-19/h5-13,18H,4,14-16H2,1-3H3,(H,25,27)(H2,23,24,26). The third kappa shape index (κ3) is 7.94. The Hall–Kier alpha value is -2.82. The van der Waals surface area contributed by atoms with E-state index in [0.29, 0.717) is 25.5 Å². The molecule has 1 amide bonds. The molecule has 3 N–H and O–H groups in total. The molecule has 0 radical (unpaired) electrons. The predicted octanol–water partition coefficient (Wildman–Crippen LogP) is 3.86. The molecule has 0 aliphatic carbocycles. The lowest BCUT2D eigenvalue weighted by atomic mass is 10.1. The van der Waals surface area contributed by atoms with E-state index in [1.54, 1.807) is 0 Å². The number of amides is 1. The number of carbonyl (C=O) groups is 1. The van der Waals surface area contributed by atoms with Gasteiger partial charge >= 0.3 is 0 Å². The van der Waals surface area contributed by atoms with Gasteiger partial charge in [-0.05, 0) is 38.0 Å². The lowest BCUT2D eigenvalue weighted by Crippen LogP contribution is -2.37. The molecule has 5 nitrogen and oxygen atoms in total. The summed E-state index contributed by atoms with van der Waals surface area (Å²) in [7, 11) is 0. The smallest absolute Gasteiger partial charge is 0.221 e. The zero-order valence-electron chi connectivity index (χ0n) is 16.5. The van der Waals surface area contributed by atoms with E-state index in [9.17, 15) is 4.79 Å². The van der Waals surface area contributed by atoms with E-state index in [1.165, 1.54) is 5.56 Å². The molecular formula is C22H30N4O. The molecule has 2 aromatic carbocycles. The first-order chi connectivity index (χ1) is 13.1. The van der Waals surface area contributed by atoms with Crippen LogP contribution in [-0.4, -0.2) is 24.5 Å². The van der Waals surface area contributed by atoms with Gasteiger partial charge in [-0.25, -0.2) is 4.99 Å². The van der Waals surface area contributed by atoms with E-state index in [2.05, 4.69) is 59.1 Å². The van der Waals surface area contributed by atoms with E-state index >= 15 is 0 Å². The Morgan fingerprint density at radius 3 is 2.44 bits per heavy atom. The summed E-state index contributed by atoms with van der Waals surface area (Å²) in [6, 6.07) is 18.4. The van der Waals surface area contributed by atoms with Crippen LogP contribution in [0.1, 0.15) is 37.8 Å². The number of aliphatic imine (C=N–C) groups is 1. The van der Waals surface area contributed by atoms with Crippen LogP contribution < -0.4 is 16.0 Å². The summed E-state index contributed by atoms with van der Waals surface area (Å²) in [4.78, 5) is 16.6. The van der Waals surface area contributed by atoms with Crippen LogP contribution in [-0.2, 0) is 11.3 Å². The molecule has 0 fully saturated rings. The highest BCUT2D eigenvalue weighted by atomic mass is 16.1. The van der Waals surface area contributed by atoms with Crippen molar-refractivity contribution in [2.75, 3.05) is 11.9 Å². The van der Waals surface area contributed by atoms with Gasteiger partial charge < -0.3 is 16.0 Å². The normalized spacial score (nSPS) is 12.3. The van der Waals surface area contributed by atoms with E-state index < -0.39 is 0 Å². The van der Waals surface area contributed by atoms with Crippen molar-refractivity contribution >= 4 is 17.6 Å². The molecule has 144 valence electrons. The van der Waals surface area contributed by atoms with Crippen molar-refractivity contribution in [1.29, 1.82) is 0 Å². The second-order valence-electron chi connectivity index (χ2n) is 6.70. The molecule has 0 aliphatic rings. The van der Waals surface area contributed by atoms with Crippen molar-refractivity contribution in [3.8, 4) is 0 Å². The van der Waals surface area contributed by atoms with Crippen molar-refractivity contribution in [2.45, 2.75) is 46.2 Å². The maximum Gasteiger partial charge on any atom is 0.221 e. The molecule has 2 aromatic rings. The lowest BCUT2D eigenvalue weighted by Gasteiger charge is -2.14. The summed E-state index contributed by atoms with van der Waals surface area (Å²) < 4.78 is 0. The molecule has 0 bridgehead atoms. The van der Waals surface area contributed by atoms with E-state index in [4.69, 9.17) is 0 Å². The molecule has 0 spiro atoms. The highest BCUT2D eigenvalue weighted by Crippen LogP contribution is 2.07. The van der Waals surface area contributed by atoms with E-state index in [1.807, 2.05) is 37.3 Å². The average Bonchev–Trinajstić information content (AvgIpc) is 2.68. The van der Waals surface area contributed by atoms with Crippen LogP contribution in [0.5, 0.6) is 0 Å². The number of benzene rings is 2. The summed E-state index contributed by atoms with van der Waals surface area (Å²) >= 11 is 0. The number of anilines is 1. The fraction of sp³-hybridized carbons (Fsp3) is 0.364. The van der Waals surface area contributed by atoms with Gasteiger partial charge in [0.2, 0.25) is 5.91 Å². The van der Waals surface area contributed by atoms with Crippen molar-refractivity contribution < 1.29 is 4.79 Å². The van der Waals surface area contributed by atoms with Crippen molar-refractivity contribution in [3.63, 3.8) is 0 Å². The van der Waals surface area contributed by atoms with Gasteiger partial charge in [0.25, 0.3) is 0 Å². The summed E-state index contributed by atoms with van der Waals surface area (Å²) in [5.41, 5.74) is 3.33. The van der Waals surface area contributed by atoms with Crippen LogP contribution in [0.15, 0.2) is 59.6 Å². The molecule has 0 saturated heterocycles. The van der Waals surface area contributed by atoms with Crippen LogP contribution >= 0.6 is 0 Å². The molecule has 2 rings (SSSR count). The predicted molar refractivity (Wildman–Crippen MR) is 113 cm³/mol. The van der Waals surface area contributed by atoms with Crippen LogP contribution in [0.2, 0.25) is 0 Å². The minimum absolute atomic E-state index is 0.0504. The molecule has 1 atom stereocenters. The van der Waals surface area contributed by atoms with Crippen LogP contribution in [0.25, 0.3) is 0 Å². The van der Waals surface area contributed by atoms with Gasteiger partial charge in [-0.2, -0.15) is 0 Å². The number of nitrogens with one attached hydrogen (secondary N) is 3. The van der Waals surface area contributed by atoms with Crippen molar-refractivity contribution in [3.05, 3.63) is 65.7 Å². The SMILES string of the molecule is CCC(C)NC(=O)CCNC(=NCc1ccc(C)cc1)Nc1ccccc1. The van der Waals surface area contributed by atoms with Gasteiger partial charge in [0.05, 0.1) is 6.54 Å². The van der Waals surface area contributed by atoms with Gasteiger partial charge in [0.15, 0.2) is 5.96 Å². The Morgan fingerprint density at radius 1 is 1.07 bits per heavy atom. The second kappa shape index (κ2) is 11.0. The maximum atomic E-state index is 12.0. The van der Waals surface area contributed by atoms with Crippen molar-refractivity contribution in [2.24, 2.45) is 4.99 Å². The molecule has 1 unspecified atom stereocenters. The highest BCUT2D eigenvalue weighted by molar-refractivity contribution is 5.93. The molecule has 0 aromatic heterocycles. The van der Waals surface area contributed by atoms with Gasteiger partial charge in [-0.3, -0.25) is 4.79 Å². The van der Waals surface area contributed by atoms with E-state index in [-0.39, 0.29) is 11.9 Å². The summed E-state index contributed by atoms with van der Waals surface area (Å²) in [5.74, 6) is 0.715. The third-order valence-corrected chi connectivity index (χ3v) is 4.24. The third-order valence-electron chi connectivity index (χ3n) is 4.24. The topological polar surface area (TPSA) is 65.5 Å². The molecule has 27 heavy (non-hydrogen) atoms. The largest absolute Gasteiger partial charge is 0.356 e. The summed E-state index contributed by atoms with van der Waals surface area (Å²) in [6.45, 7) is 7.23. The minimum atomic E-state index is 0.0504. The van der Waals surface area contributed by atoms with Gasteiger partial charge in [-0.15, -0.1) is 0 Å². The Bertz CT molecular complexity index is 726. The number of hydrogen-bond acceptors (Lipinski definition) is 2. The molecule has 0 saturated carbocycles. The maximum absolute atomic E-state index is 12.0. The zero-order chi connectivity index (χ0) is 19.5. The van der Waals surface area contributed by atoms with Crippen LogP contribution in [0.4, 0.5) is 5.69 Å². The number of aryl methyl sites for hydroxylation is 1. The number of guanidine groups is 1. The lowest BCUT2D eigenvalue weighted by molar-refractivity contribution is -0.121. The fourth-order valence-corrected chi connectivity index (χ4v) is 2.41. The Kier molecular flexibility index (Phi) is 8.36. The monoisotopic (exact) mass is 366 g/mol. The number of hydrogen-bond donors (Lipinski definition) is 3.